The molecule has 0 radical (unpaired) electrons. The molecule has 1 aliphatic heterocycles. The summed E-state index contributed by atoms with van der Waals surface area (Å²) in [5, 5.41) is 0.534. The fourth-order valence-corrected chi connectivity index (χ4v) is 4.82. The van der Waals surface area contributed by atoms with Gasteiger partial charge in [-0.05, 0) is 12.1 Å². The van der Waals surface area contributed by atoms with Gasteiger partial charge in [0.25, 0.3) is 0 Å². The number of rotatable bonds is 2. The van der Waals surface area contributed by atoms with Gasteiger partial charge >= 0.3 is 0 Å². The van der Waals surface area contributed by atoms with Crippen LogP contribution in [0.5, 0.6) is 0 Å². The molecule has 0 aliphatic carbocycles. The van der Waals surface area contributed by atoms with Gasteiger partial charge in [0.2, 0.25) is 5.95 Å². The van der Waals surface area contributed by atoms with Crippen molar-refractivity contribution >= 4 is 40.5 Å². The van der Waals surface area contributed by atoms with Crippen molar-refractivity contribution in [2.75, 3.05) is 23.0 Å². The third kappa shape index (κ3) is 2.19. The topological polar surface area (TPSA) is 43.8 Å². The number of benzene rings is 1. The van der Waals surface area contributed by atoms with Crippen LogP contribution in [0, 0.1) is 5.82 Å². The normalized spacial score (nSPS) is 20.4. The molecule has 0 spiro atoms. The summed E-state index contributed by atoms with van der Waals surface area (Å²) < 4.78 is 15.5. The van der Waals surface area contributed by atoms with Crippen LogP contribution in [-0.4, -0.2) is 32.1 Å². The molecule has 2 aromatic rings. The fraction of sp³-hybridized carbons (Fsp3) is 0.417. The number of anilines is 1. The van der Waals surface area contributed by atoms with E-state index in [9.17, 15) is 4.39 Å². The van der Waals surface area contributed by atoms with Crippen LogP contribution in [-0.2, 0) is 6.54 Å². The first-order chi connectivity index (χ1) is 8.75. The van der Waals surface area contributed by atoms with E-state index in [1.165, 1.54) is 17.6 Å². The van der Waals surface area contributed by atoms with E-state index in [1.807, 2.05) is 34.2 Å². The standard InChI is InChI=1S/C12H14FN3S2/c13-9-2-1-3-10-11(9)15-12(14)16(10)6-8-7-17-4-5-18-8/h1-3,8H,4-7H2,(H2,14,15). The molecule has 1 aromatic heterocycles. The number of para-hydroxylation sites is 1. The summed E-state index contributed by atoms with van der Waals surface area (Å²) in [5.74, 6) is 3.63. The number of nitrogens with zero attached hydrogens (tertiary/aromatic N) is 2. The average molecular weight is 283 g/mol. The second kappa shape index (κ2) is 5.01. The Bertz CT molecular complexity index is 564. The summed E-state index contributed by atoms with van der Waals surface area (Å²) in [4.78, 5) is 4.13. The third-order valence-corrected chi connectivity index (χ3v) is 5.86. The minimum absolute atomic E-state index is 0.302. The first-order valence-electron chi connectivity index (χ1n) is 5.85. The second-order valence-electron chi connectivity index (χ2n) is 4.26. The number of hydrogen-bond acceptors (Lipinski definition) is 4. The number of fused-ring (bicyclic) bond motifs is 1. The van der Waals surface area contributed by atoms with Crippen LogP contribution in [0.25, 0.3) is 11.0 Å². The maximum absolute atomic E-state index is 13.6. The molecule has 0 amide bonds. The van der Waals surface area contributed by atoms with Crippen molar-refractivity contribution in [3.05, 3.63) is 24.0 Å². The molecule has 18 heavy (non-hydrogen) atoms. The maximum atomic E-state index is 13.6. The molecular formula is C12H14FN3S2. The molecule has 1 aliphatic rings. The van der Waals surface area contributed by atoms with E-state index >= 15 is 0 Å². The summed E-state index contributed by atoms with van der Waals surface area (Å²) in [5.41, 5.74) is 7.08. The van der Waals surface area contributed by atoms with Crippen molar-refractivity contribution in [1.29, 1.82) is 0 Å². The molecule has 1 saturated heterocycles. The average Bonchev–Trinajstić information content (AvgIpc) is 2.70. The number of imidazole rings is 1. The summed E-state index contributed by atoms with van der Waals surface area (Å²) in [6.45, 7) is 0.809. The lowest BCUT2D eigenvalue weighted by Crippen LogP contribution is -2.21. The lowest BCUT2D eigenvalue weighted by molar-refractivity contribution is 0.637. The highest BCUT2D eigenvalue weighted by atomic mass is 32.2. The lowest BCUT2D eigenvalue weighted by Gasteiger charge is -2.22. The fourth-order valence-electron chi connectivity index (χ4n) is 2.17. The molecule has 2 N–H and O–H groups in total. The van der Waals surface area contributed by atoms with Crippen LogP contribution in [0.15, 0.2) is 18.2 Å². The molecule has 1 unspecified atom stereocenters. The number of nitrogens with two attached hydrogens (primary N) is 1. The van der Waals surface area contributed by atoms with Gasteiger partial charge in [-0.1, -0.05) is 6.07 Å². The molecule has 1 fully saturated rings. The summed E-state index contributed by atoms with van der Waals surface area (Å²) in [6.07, 6.45) is 0. The zero-order chi connectivity index (χ0) is 12.5. The summed E-state index contributed by atoms with van der Waals surface area (Å²) in [7, 11) is 0. The van der Waals surface area contributed by atoms with Crippen LogP contribution in [0.4, 0.5) is 10.3 Å². The number of aromatic nitrogens is 2. The Hall–Kier alpha value is -0.880. The first kappa shape index (κ1) is 12.2. The molecular weight excluding hydrogens is 269 g/mol. The van der Waals surface area contributed by atoms with Gasteiger partial charge in [0.1, 0.15) is 5.52 Å². The third-order valence-electron chi connectivity index (χ3n) is 3.03. The molecule has 0 bridgehead atoms. The van der Waals surface area contributed by atoms with Gasteiger partial charge in [-0.2, -0.15) is 23.5 Å². The van der Waals surface area contributed by atoms with Gasteiger partial charge in [0.15, 0.2) is 5.82 Å². The highest BCUT2D eigenvalue weighted by Gasteiger charge is 2.18. The van der Waals surface area contributed by atoms with E-state index in [2.05, 4.69) is 4.98 Å². The van der Waals surface area contributed by atoms with Crippen LogP contribution in [0.1, 0.15) is 0 Å². The molecule has 3 nitrogen and oxygen atoms in total. The molecule has 6 heteroatoms. The minimum Gasteiger partial charge on any atom is -0.369 e. The van der Waals surface area contributed by atoms with E-state index in [-0.39, 0.29) is 5.82 Å². The first-order valence-corrected chi connectivity index (χ1v) is 8.05. The van der Waals surface area contributed by atoms with Crippen molar-refractivity contribution in [2.24, 2.45) is 0 Å². The van der Waals surface area contributed by atoms with E-state index < -0.39 is 0 Å². The van der Waals surface area contributed by atoms with Crippen molar-refractivity contribution < 1.29 is 4.39 Å². The van der Waals surface area contributed by atoms with E-state index in [0.717, 1.165) is 17.8 Å². The monoisotopic (exact) mass is 283 g/mol. The largest absolute Gasteiger partial charge is 0.369 e. The van der Waals surface area contributed by atoms with Crippen molar-refractivity contribution in [1.82, 2.24) is 9.55 Å². The van der Waals surface area contributed by atoms with E-state index in [0.29, 0.717) is 16.7 Å². The molecule has 2 heterocycles. The maximum Gasteiger partial charge on any atom is 0.201 e. The summed E-state index contributed by atoms with van der Waals surface area (Å²) >= 11 is 3.93. The van der Waals surface area contributed by atoms with Gasteiger partial charge in [-0.3, -0.25) is 0 Å². The van der Waals surface area contributed by atoms with Crippen LogP contribution >= 0.6 is 23.5 Å². The Morgan fingerprint density at radius 2 is 2.33 bits per heavy atom. The Labute approximate surface area is 113 Å². The quantitative estimate of drug-likeness (QED) is 0.920. The van der Waals surface area contributed by atoms with Crippen LogP contribution in [0.3, 0.4) is 0 Å². The van der Waals surface area contributed by atoms with Crippen molar-refractivity contribution in [3.8, 4) is 0 Å². The SMILES string of the molecule is Nc1nc2c(F)cccc2n1CC1CSCCS1. The summed E-state index contributed by atoms with van der Waals surface area (Å²) in [6, 6.07) is 5.00. The van der Waals surface area contributed by atoms with Gasteiger partial charge in [0.05, 0.1) is 5.52 Å². The highest BCUT2D eigenvalue weighted by molar-refractivity contribution is 8.06. The van der Waals surface area contributed by atoms with Crippen LogP contribution in [0.2, 0.25) is 0 Å². The van der Waals surface area contributed by atoms with Gasteiger partial charge in [-0.15, -0.1) is 0 Å². The number of thioether (sulfide) groups is 2. The van der Waals surface area contributed by atoms with Gasteiger partial charge < -0.3 is 10.3 Å². The van der Waals surface area contributed by atoms with Crippen molar-refractivity contribution in [2.45, 2.75) is 11.8 Å². The Morgan fingerprint density at radius 1 is 1.44 bits per heavy atom. The highest BCUT2D eigenvalue weighted by Crippen LogP contribution is 2.28. The molecule has 1 aromatic carbocycles. The van der Waals surface area contributed by atoms with Gasteiger partial charge in [0, 0.05) is 29.1 Å². The van der Waals surface area contributed by atoms with Gasteiger partial charge in [-0.25, -0.2) is 9.37 Å². The molecule has 96 valence electrons. The van der Waals surface area contributed by atoms with Crippen molar-refractivity contribution in [3.63, 3.8) is 0 Å². The molecule has 1 atom stereocenters. The number of nitrogen functional groups attached to an aromatic ring is 1. The number of hydrogen-bond donors (Lipinski definition) is 1. The molecule has 3 rings (SSSR count). The Kier molecular flexibility index (Phi) is 3.39. The molecule has 0 saturated carbocycles. The minimum atomic E-state index is -0.302. The Morgan fingerprint density at radius 3 is 3.11 bits per heavy atom. The smallest absolute Gasteiger partial charge is 0.201 e. The van der Waals surface area contributed by atoms with E-state index in [1.54, 1.807) is 6.07 Å². The lowest BCUT2D eigenvalue weighted by atomic mass is 10.3. The predicted octanol–water partition coefficient (Wildman–Crippen LogP) is 2.61. The Balaban J connectivity index is 1.95. The zero-order valence-electron chi connectivity index (χ0n) is 9.80. The van der Waals surface area contributed by atoms with Crippen LogP contribution < -0.4 is 5.73 Å². The predicted molar refractivity (Wildman–Crippen MR) is 77.7 cm³/mol. The van der Waals surface area contributed by atoms with E-state index in [4.69, 9.17) is 5.73 Å². The second-order valence-corrected chi connectivity index (χ2v) is 6.81. The number of halogens is 1. The zero-order valence-corrected chi connectivity index (χ0v) is 11.4.